The van der Waals surface area contributed by atoms with Gasteiger partial charge in [-0.3, -0.25) is 9.59 Å². The third-order valence-corrected chi connectivity index (χ3v) is 3.93. The van der Waals surface area contributed by atoms with Gasteiger partial charge in [-0.2, -0.15) is 0 Å². The van der Waals surface area contributed by atoms with Crippen LogP contribution < -0.4 is 0 Å². The molecule has 100 valence electrons. The SMILES string of the molecule is CC1=C(c2ccccc2)N(CCC(=O)O)C(=O)CS1. The van der Waals surface area contributed by atoms with Crippen LogP contribution in [0.15, 0.2) is 35.2 Å². The second kappa shape index (κ2) is 5.93. The Bertz CT molecular complexity index is 525. The van der Waals surface area contributed by atoms with Crippen molar-refractivity contribution in [1.82, 2.24) is 4.90 Å². The van der Waals surface area contributed by atoms with Crippen LogP contribution in [-0.4, -0.2) is 34.2 Å². The summed E-state index contributed by atoms with van der Waals surface area (Å²) in [6.45, 7) is 2.18. The maximum atomic E-state index is 12.0. The topological polar surface area (TPSA) is 57.6 Å². The summed E-state index contributed by atoms with van der Waals surface area (Å²) in [6, 6.07) is 9.61. The highest BCUT2D eigenvalue weighted by Crippen LogP contribution is 2.34. The number of rotatable bonds is 4. The maximum absolute atomic E-state index is 12.0. The summed E-state index contributed by atoms with van der Waals surface area (Å²) >= 11 is 1.51. The number of allylic oxidation sites excluding steroid dienone is 1. The molecule has 1 aliphatic heterocycles. The van der Waals surface area contributed by atoms with Gasteiger partial charge in [-0.1, -0.05) is 30.3 Å². The Morgan fingerprint density at radius 1 is 1.37 bits per heavy atom. The number of hydrogen-bond acceptors (Lipinski definition) is 3. The van der Waals surface area contributed by atoms with Crippen molar-refractivity contribution >= 4 is 29.3 Å². The van der Waals surface area contributed by atoms with Gasteiger partial charge in [-0.05, 0) is 12.5 Å². The molecule has 1 aliphatic rings. The van der Waals surface area contributed by atoms with Crippen LogP contribution in [0, 0.1) is 0 Å². The van der Waals surface area contributed by atoms with Gasteiger partial charge in [0.15, 0.2) is 0 Å². The molecule has 0 aromatic heterocycles. The fourth-order valence-electron chi connectivity index (χ4n) is 2.03. The van der Waals surface area contributed by atoms with Crippen LogP contribution in [0.4, 0.5) is 0 Å². The Hall–Kier alpha value is -1.75. The molecule has 0 bridgehead atoms. The van der Waals surface area contributed by atoms with Crippen LogP contribution in [0.1, 0.15) is 18.9 Å². The molecule has 1 N–H and O–H groups in total. The van der Waals surface area contributed by atoms with E-state index in [1.165, 1.54) is 11.8 Å². The number of carboxylic acids is 1. The molecule has 0 atom stereocenters. The smallest absolute Gasteiger partial charge is 0.305 e. The van der Waals surface area contributed by atoms with E-state index in [4.69, 9.17) is 5.11 Å². The number of hydrogen-bond donors (Lipinski definition) is 1. The van der Waals surface area contributed by atoms with Crippen molar-refractivity contribution in [3.8, 4) is 0 Å². The van der Waals surface area contributed by atoms with Gasteiger partial charge in [0.2, 0.25) is 5.91 Å². The summed E-state index contributed by atoms with van der Waals surface area (Å²) in [5, 5.41) is 8.79. The first kappa shape index (κ1) is 13.7. The van der Waals surface area contributed by atoms with Crippen LogP contribution in [0.25, 0.3) is 5.70 Å². The standard InChI is InChI=1S/C14H15NO3S/c1-10-14(11-5-3-2-4-6-11)15(8-7-13(17)18)12(16)9-19-10/h2-6H,7-9H2,1H3,(H,17,18). The Morgan fingerprint density at radius 2 is 2.05 bits per heavy atom. The molecular weight excluding hydrogens is 262 g/mol. The van der Waals surface area contributed by atoms with Crippen molar-refractivity contribution in [3.05, 3.63) is 40.8 Å². The molecule has 0 saturated carbocycles. The molecule has 0 saturated heterocycles. The molecule has 1 amide bonds. The van der Waals surface area contributed by atoms with E-state index in [-0.39, 0.29) is 18.9 Å². The summed E-state index contributed by atoms with van der Waals surface area (Å²) in [5.74, 6) is -0.547. The second-order valence-electron chi connectivity index (χ2n) is 4.25. The van der Waals surface area contributed by atoms with Gasteiger partial charge in [-0.15, -0.1) is 11.8 Å². The van der Waals surface area contributed by atoms with E-state index in [2.05, 4.69) is 0 Å². The number of carboxylic acid groups (broad SMARTS) is 1. The first-order valence-electron chi connectivity index (χ1n) is 6.01. The monoisotopic (exact) mass is 277 g/mol. The van der Waals surface area contributed by atoms with E-state index in [1.807, 2.05) is 37.3 Å². The number of aliphatic carboxylic acids is 1. The van der Waals surface area contributed by atoms with Crippen molar-refractivity contribution < 1.29 is 14.7 Å². The zero-order valence-electron chi connectivity index (χ0n) is 10.6. The zero-order valence-corrected chi connectivity index (χ0v) is 11.4. The van der Waals surface area contributed by atoms with Crippen molar-refractivity contribution in [2.45, 2.75) is 13.3 Å². The van der Waals surface area contributed by atoms with Gasteiger partial charge in [0.1, 0.15) is 0 Å². The fraction of sp³-hybridized carbons (Fsp3) is 0.286. The largest absolute Gasteiger partial charge is 0.481 e. The molecule has 1 aromatic rings. The third kappa shape index (κ3) is 3.17. The van der Waals surface area contributed by atoms with E-state index in [9.17, 15) is 9.59 Å². The average molecular weight is 277 g/mol. The second-order valence-corrected chi connectivity index (χ2v) is 5.44. The number of benzene rings is 1. The zero-order chi connectivity index (χ0) is 13.8. The molecule has 1 heterocycles. The molecule has 0 radical (unpaired) electrons. The summed E-state index contributed by atoms with van der Waals surface area (Å²) in [6.07, 6.45) is -0.0416. The van der Waals surface area contributed by atoms with E-state index in [0.29, 0.717) is 5.75 Å². The number of carbonyl (C=O) groups excluding carboxylic acids is 1. The van der Waals surface area contributed by atoms with Crippen molar-refractivity contribution in [2.75, 3.05) is 12.3 Å². The van der Waals surface area contributed by atoms with Gasteiger partial charge in [-0.25, -0.2) is 0 Å². The number of thioether (sulfide) groups is 1. The highest BCUT2D eigenvalue weighted by Gasteiger charge is 2.26. The highest BCUT2D eigenvalue weighted by molar-refractivity contribution is 8.03. The predicted molar refractivity (Wildman–Crippen MR) is 75.5 cm³/mol. The lowest BCUT2D eigenvalue weighted by Gasteiger charge is -2.30. The van der Waals surface area contributed by atoms with Crippen molar-refractivity contribution in [3.63, 3.8) is 0 Å². The van der Waals surface area contributed by atoms with Crippen molar-refractivity contribution in [2.24, 2.45) is 0 Å². The minimum Gasteiger partial charge on any atom is -0.481 e. The Balaban J connectivity index is 2.34. The van der Waals surface area contributed by atoms with Crippen LogP contribution in [0.2, 0.25) is 0 Å². The Labute approximate surface area is 116 Å². The lowest BCUT2D eigenvalue weighted by Crippen LogP contribution is -2.35. The van der Waals surface area contributed by atoms with Gasteiger partial charge in [0, 0.05) is 11.4 Å². The number of amides is 1. The molecule has 0 unspecified atom stereocenters. The van der Waals surface area contributed by atoms with E-state index < -0.39 is 5.97 Å². The van der Waals surface area contributed by atoms with Gasteiger partial charge in [0.05, 0.1) is 17.9 Å². The molecule has 1 aromatic carbocycles. The van der Waals surface area contributed by atoms with Gasteiger partial charge < -0.3 is 10.0 Å². The molecular formula is C14H15NO3S. The molecule has 0 aliphatic carbocycles. The third-order valence-electron chi connectivity index (χ3n) is 2.91. The molecule has 4 nitrogen and oxygen atoms in total. The molecule has 5 heteroatoms. The van der Waals surface area contributed by atoms with Gasteiger partial charge >= 0.3 is 5.97 Å². The minimum atomic E-state index is -0.893. The number of carbonyl (C=O) groups is 2. The van der Waals surface area contributed by atoms with Gasteiger partial charge in [0.25, 0.3) is 0 Å². The Morgan fingerprint density at radius 3 is 2.68 bits per heavy atom. The van der Waals surface area contributed by atoms with E-state index >= 15 is 0 Å². The van der Waals surface area contributed by atoms with Crippen LogP contribution in [-0.2, 0) is 9.59 Å². The summed E-state index contributed by atoms with van der Waals surface area (Å²) in [5.41, 5.74) is 1.79. The predicted octanol–water partition coefficient (Wildman–Crippen LogP) is 2.43. The molecule has 0 fully saturated rings. The minimum absolute atomic E-state index is 0.0318. The summed E-state index contributed by atoms with van der Waals surface area (Å²) in [7, 11) is 0. The highest BCUT2D eigenvalue weighted by atomic mass is 32.2. The molecule has 2 rings (SSSR count). The van der Waals surface area contributed by atoms with Crippen LogP contribution in [0.5, 0.6) is 0 Å². The maximum Gasteiger partial charge on any atom is 0.305 e. The first-order valence-corrected chi connectivity index (χ1v) is 6.99. The Kier molecular flexibility index (Phi) is 4.27. The molecule has 19 heavy (non-hydrogen) atoms. The number of nitrogens with zero attached hydrogens (tertiary/aromatic N) is 1. The average Bonchev–Trinajstić information content (AvgIpc) is 2.40. The summed E-state index contributed by atoms with van der Waals surface area (Å²) < 4.78 is 0. The summed E-state index contributed by atoms with van der Waals surface area (Å²) in [4.78, 5) is 25.4. The van der Waals surface area contributed by atoms with E-state index in [0.717, 1.165) is 16.2 Å². The van der Waals surface area contributed by atoms with Crippen molar-refractivity contribution in [1.29, 1.82) is 0 Å². The van der Waals surface area contributed by atoms with Crippen LogP contribution in [0.3, 0.4) is 0 Å². The first-order chi connectivity index (χ1) is 9.09. The quantitative estimate of drug-likeness (QED) is 0.918. The molecule has 0 spiro atoms. The van der Waals surface area contributed by atoms with Crippen LogP contribution >= 0.6 is 11.8 Å². The lowest BCUT2D eigenvalue weighted by atomic mass is 10.1. The lowest BCUT2D eigenvalue weighted by molar-refractivity contribution is -0.137. The normalized spacial score (nSPS) is 15.8. The fourth-order valence-corrected chi connectivity index (χ4v) is 2.89. The van der Waals surface area contributed by atoms with E-state index in [1.54, 1.807) is 4.90 Å².